The molecule has 2 heterocycles. The summed E-state index contributed by atoms with van der Waals surface area (Å²) in [6, 6.07) is 17.0. The quantitative estimate of drug-likeness (QED) is 0.409. The van der Waals surface area contributed by atoms with Crippen molar-refractivity contribution in [1.82, 2.24) is 9.29 Å². The maximum atomic E-state index is 13.3. The smallest absolute Gasteiger partial charge is 0.256 e. The SMILES string of the molecule is CCc1cc(S(=O)(=O)N(C)C)cc(C)c1C(=O)Nc1cccc(N2CCC(CNc3ccccn3)CC2)c1. The summed E-state index contributed by atoms with van der Waals surface area (Å²) in [5, 5.41) is 6.47. The number of piperidine rings is 1. The molecule has 1 fully saturated rings. The van der Waals surface area contributed by atoms with Gasteiger partial charge >= 0.3 is 0 Å². The molecule has 0 aliphatic carbocycles. The molecule has 1 aliphatic rings. The second-order valence-electron chi connectivity index (χ2n) is 9.95. The maximum Gasteiger partial charge on any atom is 0.256 e. The van der Waals surface area contributed by atoms with E-state index in [4.69, 9.17) is 0 Å². The summed E-state index contributed by atoms with van der Waals surface area (Å²) in [5.41, 5.74) is 3.67. The lowest BCUT2D eigenvalue weighted by atomic mass is 9.96. The number of hydrogen-bond acceptors (Lipinski definition) is 6. The third kappa shape index (κ3) is 6.34. The Kier molecular flexibility index (Phi) is 8.69. The lowest BCUT2D eigenvalue weighted by molar-refractivity contribution is 0.102. The number of aromatic nitrogens is 1. The third-order valence-electron chi connectivity index (χ3n) is 7.10. The molecule has 0 radical (unpaired) electrons. The van der Waals surface area contributed by atoms with Gasteiger partial charge in [-0.25, -0.2) is 17.7 Å². The Balaban J connectivity index is 1.42. The van der Waals surface area contributed by atoms with E-state index < -0.39 is 10.0 Å². The van der Waals surface area contributed by atoms with Gasteiger partial charge in [-0.05, 0) is 85.7 Å². The Morgan fingerprint density at radius 2 is 1.84 bits per heavy atom. The minimum atomic E-state index is -3.58. The zero-order valence-corrected chi connectivity index (χ0v) is 23.4. The fraction of sp³-hybridized carbons (Fsp3) is 0.379. The molecular weight excluding hydrogens is 498 g/mol. The van der Waals surface area contributed by atoms with Crippen molar-refractivity contribution < 1.29 is 13.2 Å². The van der Waals surface area contributed by atoms with E-state index in [1.807, 2.05) is 43.3 Å². The average molecular weight is 536 g/mol. The fourth-order valence-corrected chi connectivity index (χ4v) is 5.91. The van der Waals surface area contributed by atoms with Crippen molar-refractivity contribution in [1.29, 1.82) is 0 Å². The molecule has 0 unspecified atom stereocenters. The van der Waals surface area contributed by atoms with Crippen LogP contribution in [-0.2, 0) is 16.4 Å². The van der Waals surface area contributed by atoms with Crippen LogP contribution in [-0.4, -0.2) is 57.3 Å². The van der Waals surface area contributed by atoms with Crippen molar-refractivity contribution in [3.05, 3.63) is 77.5 Å². The molecule has 1 aliphatic heterocycles. The lowest BCUT2D eigenvalue weighted by Crippen LogP contribution is -2.35. The van der Waals surface area contributed by atoms with Crippen LogP contribution in [0.2, 0.25) is 0 Å². The number of nitrogens with one attached hydrogen (secondary N) is 2. The third-order valence-corrected chi connectivity index (χ3v) is 8.89. The van der Waals surface area contributed by atoms with Gasteiger partial charge in [-0.1, -0.05) is 19.1 Å². The molecule has 9 heteroatoms. The molecule has 8 nitrogen and oxygen atoms in total. The predicted octanol–water partition coefficient (Wildman–Crippen LogP) is 4.78. The number of carbonyl (C=O) groups is 1. The second kappa shape index (κ2) is 12.0. The van der Waals surface area contributed by atoms with Gasteiger partial charge in [0.1, 0.15) is 5.82 Å². The number of benzene rings is 2. The van der Waals surface area contributed by atoms with Gasteiger partial charge in [-0.2, -0.15) is 0 Å². The van der Waals surface area contributed by atoms with Gasteiger partial charge in [0.2, 0.25) is 10.0 Å². The van der Waals surface area contributed by atoms with Gasteiger partial charge in [0, 0.05) is 56.9 Å². The minimum absolute atomic E-state index is 0.203. The van der Waals surface area contributed by atoms with Crippen LogP contribution in [0.4, 0.5) is 17.2 Å². The van der Waals surface area contributed by atoms with Crippen LogP contribution in [0.1, 0.15) is 41.3 Å². The van der Waals surface area contributed by atoms with E-state index in [1.165, 1.54) is 18.4 Å². The number of aryl methyl sites for hydroxylation is 2. The van der Waals surface area contributed by atoms with Gasteiger partial charge in [-0.3, -0.25) is 4.79 Å². The highest BCUT2D eigenvalue weighted by Crippen LogP contribution is 2.28. The number of sulfonamides is 1. The molecule has 2 aromatic carbocycles. The van der Waals surface area contributed by atoms with Gasteiger partial charge in [0.05, 0.1) is 4.90 Å². The summed E-state index contributed by atoms with van der Waals surface area (Å²) in [7, 11) is -0.573. The van der Waals surface area contributed by atoms with Crippen molar-refractivity contribution >= 4 is 33.1 Å². The minimum Gasteiger partial charge on any atom is -0.371 e. The first-order chi connectivity index (χ1) is 18.2. The van der Waals surface area contributed by atoms with Crippen molar-refractivity contribution in [3.8, 4) is 0 Å². The molecule has 38 heavy (non-hydrogen) atoms. The standard InChI is InChI=1S/C29H37N5O3S/c1-5-23-18-26(38(36,37)33(3)4)17-21(2)28(23)29(35)32-24-9-8-10-25(19-24)34-15-12-22(13-16-34)20-31-27-11-6-7-14-30-27/h6-11,14,17-19,22H,5,12-13,15-16,20H2,1-4H3,(H,30,31)(H,32,35). The zero-order valence-electron chi connectivity index (χ0n) is 22.6. The van der Waals surface area contributed by atoms with Crippen molar-refractivity contribution in [2.75, 3.05) is 49.3 Å². The molecule has 202 valence electrons. The Hall–Kier alpha value is -3.43. The Labute approximate surface area is 226 Å². The molecule has 0 spiro atoms. The number of anilines is 3. The maximum absolute atomic E-state index is 13.3. The Bertz CT molecular complexity index is 1370. The van der Waals surface area contributed by atoms with Crippen LogP contribution in [0.5, 0.6) is 0 Å². The van der Waals surface area contributed by atoms with E-state index >= 15 is 0 Å². The molecule has 3 aromatic rings. The van der Waals surface area contributed by atoms with Crippen LogP contribution < -0.4 is 15.5 Å². The highest BCUT2D eigenvalue weighted by Gasteiger charge is 2.23. The largest absolute Gasteiger partial charge is 0.371 e. The molecule has 0 saturated carbocycles. The van der Waals surface area contributed by atoms with Gasteiger partial charge < -0.3 is 15.5 Å². The molecule has 0 atom stereocenters. The van der Waals surface area contributed by atoms with Crippen LogP contribution in [0.25, 0.3) is 0 Å². The van der Waals surface area contributed by atoms with Crippen LogP contribution >= 0.6 is 0 Å². The summed E-state index contributed by atoms with van der Waals surface area (Å²) in [6.45, 7) is 6.52. The Morgan fingerprint density at radius 1 is 1.08 bits per heavy atom. The second-order valence-corrected chi connectivity index (χ2v) is 12.1. The van der Waals surface area contributed by atoms with E-state index in [9.17, 15) is 13.2 Å². The normalized spacial score (nSPS) is 14.5. The molecular formula is C29H37N5O3S. The van der Waals surface area contributed by atoms with Crippen LogP contribution in [0, 0.1) is 12.8 Å². The van der Waals surface area contributed by atoms with E-state index in [1.54, 1.807) is 25.3 Å². The van der Waals surface area contributed by atoms with Gasteiger partial charge in [0.15, 0.2) is 0 Å². The topological polar surface area (TPSA) is 94.6 Å². The first-order valence-electron chi connectivity index (χ1n) is 13.1. The number of nitrogens with zero attached hydrogens (tertiary/aromatic N) is 3. The predicted molar refractivity (Wildman–Crippen MR) is 153 cm³/mol. The first-order valence-corrected chi connectivity index (χ1v) is 14.5. The zero-order chi connectivity index (χ0) is 27.3. The first kappa shape index (κ1) is 27.6. The molecule has 0 bridgehead atoms. The summed E-state index contributed by atoms with van der Waals surface area (Å²) in [5.74, 6) is 1.27. The van der Waals surface area contributed by atoms with Crippen LogP contribution in [0.15, 0.2) is 65.7 Å². The summed E-state index contributed by atoms with van der Waals surface area (Å²) < 4.78 is 26.5. The lowest BCUT2D eigenvalue weighted by Gasteiger charge is -2.34. The number of rotatable bonds is 9. The highest BCUT2D eigenvalue weighted by molar-refractivity contribution is 7.89. The summed E-state index contributed by atoms with van der Waals surface area (Å²) >= 11 is 0. The van der Waals surface area contributed by atoms with E-state index in [0.29, 0.717) is 29.0 Å². The fourth-order valence-electron chi connectivity index (χ4n) is 4.87. The average Bonchev–Trinajstić information content (AvgIpc) is 2.92. The molecule has 2 N–H and O–H groups in total. The molecule has 4 rings (SSSR count). The monoisotopic (exact) mass is 535 g/mol. The van der Waals surface area contributed by atoms with E-state index in [-0.39, 0.29) is 10.8 Å². The summed E-state index contributed by atoms with van der Waals surface area (Å²) in [6.07, 6.45) is 4.51. The van der Waals surface area contributed by atoms with Gasteiger partial charge in [0.25, 0.3) is 5.91 Å². The number of amides is 1. The van der Waals surface area contributed by atoms with Crippen molar-refractivity contribution in [3.63, 3.8) is 0 Å². The van der Waals surface area contributed by atoms with Crippen molar-refractivity contribution in [2.45, 2.75) is 38.0 Å². The van der Waals surface area contributed by atoms with Crippen LogP contribution in [0.3, 0.4) is 0 Å². The number of pyridine rings is 1. The summed E-state index contributed by atoms with van der Waals surface area (Å²) in [4.78, 5) is 20.2. The Morgan fingerprint density at radius 3 is 2.50 bits per heavy atom. The van der Waals surface area contributed by atoms with E-state index in [2.05, 4.69) is 26.6 Å². The highest BCUT2D eigenvalue weighted by atomic mass is 32.2. The number of hydrogen-bond donors (Lipinski definition) is 2. The van der Waals surface area contributed by atoms with Crippen molar-refractivity contribution in [2.24, 2.45) is 5.92 Å². The molecule has 1 aromatic heterocycles. The number of carbonyl (C=O) groups excluding carboxylic acids is 1. The molecule has 1 amide bonds. The van der Waals surface area contributed by atoms with Gasteiger partial charge in [-0.15, -0.1) is 0 Å². The van der Waals surface area contributed by atoms with E-state index in [0.717, 1.165) is 49.7 Å². The molecule has 1 saturated heterocycles.